The average Bonchev–Trinajstić information content (AvgIpc) is 2.77. The summed E-state index contributed by atoms with van der Waals surface area (Å²) in [5, 5.41) is 0. The topological polar surface area (TPSA) is 57.7 Å². The van der Waals surface area contributed by atoms with Crippen LogP contribution in [0.15, 0.2) is 72.8 Å². The van der Waals surface area contributed by atoms with Crippen molar-refractivity contribution in [1.82, 2.24) is 0 Å². The summed E-state index contributed by atoms with van der Waals surface area (Å²) in [4.78, 5) is 15.0. The molecule has 0 spiro atoms. The Morgan fingerprint density at radius 3 is 2.32 bits per heavy atom. The molecule has 0 atom stereocenters. The largest absolute Gasteiger partial charge is 0.308 e. The highest BCUT2D eigenvalue weighted by Crippen LogP contribution is 2.29. The minimum Gasteiger partial charge on any atom is -0.308 e. The Morgan fingerprint density at radius 2 is 1.65 bits per heavy atom. The van der Waals surface area contributed by atoms with Gasteiger partial charge in [0, 0.05) is 17.8 Å². The first-order valence-corrected chi connectivity index (χ1v) is 12.2. The van der Waals surface area contributed by atoms with E-state index in [-0.39, 0.29) is 12.5 Å². The van der Waals surface area contributed by atoms with Crippen LogP contribution in [0.5, 0.6) is 0 Å². The summed E-state index contributed by atoms with van der Waals surface area (Å²) >= 11 is 0. The Bertz CT molecular complexity index is 1190. The van der Waals surface area contributed by atoms with Crippen molar-refractivity contribution >= 4 is 27.3 Å². The molecule has 5 nitrogen and oxygen atoms in total. The number of sulfonamides is 1. The number of aryl methyl sites for hydroxylation is 2. The number of anilines is 2. The minimum absolute atomic E-state index is 0.0665. The molecule has 0 aliphatic carbocycles. The Balaban J connectivity index is 1.59. The van der Waals surface area contributed by atoms with Gasteiger partial charge in [-0.05, 0) is 61.2 Å². The van der Waals surface area contributed by atoms with Crippen molar-refractivity contribution in [3.8, 4) is 0 Å². The number of carbonyl (C=O) groups excluding carboxylic acids is 1. The highest BCUT2D eigenvalue weighted by Gasteiger charge is 2.24. The molecular formula is C25H26N2O3S. The van der Waals surface area contributed by atoms with Gasteiger partial charge in [-0.15, -0.1) is 0 Å². The second-order valence-corrected chi connectivity index (χ2v) is 9.90. The minimum atomic E-state index is -3.48. The maximum atomic E-state index is 13.2. The number of benzene rings is 3. The Kier molecular flexibility index (Phi) is 5.83. The Labute approximate surface area is 184 Å². The molecule has 0 N–H and O–H groups in total. The molecule has 4 rings (SSSR count). The summed E-state index contributed by atoms with van der Waals surface area (Å²) in [6.07, 6.45) is 3.10. The van der Waals surface area contributed by atoms with Crippen molar-refractivity contribution in [3.63, 3.8) is 0 Å². The van der Waals surface area contributed by atoms with Gasteiger partial charge in [-0.25, -0.2) is 8.42 Å². The zero-order chi connectivity index (χ0) is 22.0. The van der Waals surface area contributed by atoms with E-state index in [1.165, 1.54) is 16.1 Å². The first-order chi connectivity index (χ1) is 14.8. The van der Waals surface area contributed by atoms with Crippen molar-refractivity contribution in [2.24, 2.45) is 0 Å². The number of carbonyl (C=O) groups is 1. The normalized spacial score (nSPS) is 13.5. The van der Waals surface area contributed by atoms with Crippen LogP contribution in [-0.2, 0) is 23.0 Å². The van der Waals surface area contributed by atoms with E-state index in [0.29, 0.717) is 17.8 Å². The van der Waals surface area contributed by atoms with Crippen LogP contribution in [0.3, 0.4) is 0 Å². The first-order valence-electron chi connectivity index (χ1n) is 10.4. The van der Waals surface area contributed by atoms with E-state index in [1.54, 1.807) is 24.3 Å². The molecule has 1 heterocycles. The fourth-order valence-corrected chi connectivity index (χ4v) is 4.82. The molecule has 1 amide bonds. The molecule has 1 aliphatic heterocycles. The predicted molar refractivity (Wildman–Crippen MR) is 125 cm³/mol. The molecule has 0 saturated heterocycles. The first kappa shape index (κ1) is 21.1. The highest BCUT2D eigenvalue weighted by molar-refractivity contribution is 7.92. The molecule has 3 aromatic rings. The zero-order valence-corrected chi connectivity index (χ0v) is 18.6. The van der Waals surface area contributed by atoms with Gasteiger partial charge >= 0.3 is 0 Å². The quantitative estimate of drug-likeness (QED) is 0.592. The van der Waals surface area contributed by atoms with Gasteiger partial charge in [0.2, 0.25) is 10.0 Å². The van der Waals surface area contributed by atoms with Crippen LogP contribution in [0.2, 0.25) is 0 Å². The highest BCUT2D eigenvalue weighted by atomic mass is 32.2. The fourth-order valence-electron chi connectivity index (χ4n) is 3.93. The summed E-state index contributed by atoms with van der Waals surface area (Å²) in [6, 6.07) is 22.6. The average molecular weight is 435 g/mol. The van der Waals surface area contributed by atoms with E-state index in [1.807, 2.05) is 54.3 Å². The van der Waals surface area contributed by atoms with Gasteiger partial charge in [-0.3, -0.25) is 9.10 Å². The van der Waals surface area contributed by atoms with E-state index in [9.17, 15) is 13.2 Å². The second kappa shape index (κ2) is 8.55. The third-order valence-corrected chi connectivity index (χ3v) is 6.75. The van der Waals surface area contributed by atoms with E-state index < -0.39 is 10.0 Å². The molecule has 0 bridgehead atoms. The maximum absolute atomic E-state index is 13.2. The van der Waals surface area contributed by atoms with Crippen LogP contribution in [-0.4, -0.2) is 27.1 Å². The molecule has 1 aliphatic rings. The van der Waals surface area contributed by atoms with E-state index in [4.69, 9.17) is 0 Å². The second-order valence-electron chi connectivity index (χ2n) is 7.99. The lowest BCUT2D eigenvalue weighted by atomic mass is 10.0. The van der Waals surface area contributed by atoms with Gasteiger partial charge in [0.25, 0.3) is 5.91 Å². The van der Waals surface area contributed by atoms with Crippen LogP contribution < -0.4 is 9.21 Å². The number of para-hydroxylation sites is 1. The standard InChI is InChI=1S/C25H26N2O3S/c1-19-9-11-20(12-10-19)18-27(31(2,29)30)23-15-13-22(14-16-23)25(28)26-17-5-7-21-6-3-4-8-24(21)26/h3-4,6,8-16H,5,7,17-18H2,1-2H3. The van der Waals surface area contributed by atoms with Crippen molar-refractivity contribution < 1.29 is 13.2 Å². The van der Waals surface area contributed by atoms with E-state index >= 15 is 0 Å². The number of nitrogens with zero attached hydrogens (tertiary/aromatic N) is 2. The van der Waals surface area contributed by atoms with Crippen LogP contribution in [0.4, 0.5) is 11.4 Å². The molecule has 3 aromatic carbocycles. The Hall–Kier alpha value is -3.12. The molecule has 31 heavy (non-hydrogen) atoms. The van der Waals surface area contributed by atoms with Crippen LogP contribution in [0.1, 0.15) is 33.5 Å². The SMILES string of the molecule is Cc1ccc(CN(c2ccc(C(=O)N3CCCc4ccccc43)cc2)S(C)(=O)=O)cc1. The molecule has 0 saturated carbocycles. The lowest BCUT2D eigenvalue weighted by Gasteiger charge is -2.29. The molecule has 6 heteroatoms. The van der Waals surface area contributed by atoms with Crippen molar-refractivity contribution in [3.05, 3.63) is 95.1 Å². The summed E-state index contributed by atoms with van der Waals surface area (Å²) in [6.45, 7) is 2.92. The van der Waals surface area contributed by atoms with E-state index in [2.05, 4.69) is 6.07 Å². The maximum Gasteiger partial charge on any atom is 0.258 e. The third-order valence-electron chi connectivity index (χ3n) is 5.60. The smallest absolute Gasteiger partial charge is 0.258 e. The van der Waals surface area contributed by atoms with Crippen molar-refractivity contribution in [2.45, 2.75) is 26.3 Å². The summed E-state index contributed by atoms with van der Waals surface area (Å²) < 4.78 is 26.3. The molecular weight excluding hydrogens is 408 g/mol. The van der Waals surface area contributed by atoms with E-state index in [0.717, 1.165) is 29.7 Å². The molecule has 0 aromatic heterocycles. The van der Waals surface area contributed by atoms with Crippen molar-refractivity contribution in [1.29, 1.82) is 0 Å². The monoisotopic (exact) mass is 434 g/mol. The third kappa shape index (κ3) is 4.64. The number of rotatable bonds is 5. The lowest BCUT2D eigenvalue weighted by molar-refractivity contribution is 0.0985. The van der Waals surface area contributed by atoms with Crippen LogP contribution in [0, 0.1) is 6.92 Å². The van der Waals surface area contributed by atoms with Gasteiger partial charge in [0.15, 0.2) is 0 Å². The van der Waals surface area contributed by atoms with Gasteiger partial charge in [-0.1, -0.05) is 48.0 Å². The zero-order valence-electron chi connectivity index (χ0n) is 17.8. The van der Waals surface area contributed by atoms with Gasteiger partial charge in [-0.2, -0.15) is 0 Å². The van der Waals surface area contributed by atoms with Gasteiger partial charge in [0.1, 0.15) is 0 Å². The summed E-state index contributed by atoms with van der Waals surface area (Å²) in [7, 11) is -3.48. The molecule has 0 unspecified atom stereocenters. The van der Waals surface area contributed by atoms with Crippen LogP contribution in [0.25, 0.3) is 0 Å². The van der Waals surface area contributed by atoms with Crippen molar-refractivity contribution in [2.75, 3.05) is 22.0 Å². The number of amides is 1. The molecule has 0 fully saturated rings. The summed E-state index contributed by atoms with van der Waals surface area (Å²) in [5.41, 5.74) is 5.25. The molecule has 0 radical (unpaired) electrons. The van der Waals surface area contributed by atoms with Gasteiger partial charge in [0.05, 0.1) is 18.5 Å². The summed E-state index contributed by atoms with van der Waals surface area (Å²) in [5.74, 6) is -0.0665. The fraction of sp³-hybridized carbons (Fsp3) is 0.240. The number of hydrogen-bond acceptors (Lipinski definition) is 3. The molecule has 160 valence electrons. The Morgan fingerprint density at radius 1 is 0.968 bits per heavy atom. The lowest BCUT2D eigenvalue weighted by Crippen LogP contribution is -2.35. The number of fused-ring (bicyclic) bond motifs is 1. The van der Waals surface area contributed by atoms with Crippen LogP contribution >= 0.6 is 0 Å². The van der Waals surface area contributed by atoms with Gasteiger partial charge < -0.3 is 4.90 Å². The predicted octanol–water partition coefficient (Wildman–Crippen LogP) is 4.55. The number of hydrogen-bond donors (Lipinski definition) is 0.